The molecule has 0 spiro atoms. The van der Waals surface area contributed by atoms with Gasteiger partial charge in [-0.1, -0.05) is 29.3 Å². The van der Waals surface area contributed by atoms with Crippen molar-refractivity contribution < 1.29 is 0 Å². The molecule has 0 aliphatic heterocycles. The van der Waals surface area contributed by atoms with Gasteiger partial charge in [0.1, 0.15) is 0 Å². The first-order valence-electron chi connectivity index (χ1n) is 5.00. The van der Waals surface area contributed by atoms with Gasteiger partial charge in [-0.05, 0) is 63.7 Å². The molecule has 1 nitrogen and oxygen atoms in total. The molecule has 0 amide bonds. The Labute approximate surface area is 128 Å². The lowest BCUT2D eigenvalue weighted by Crippen LogP contribution is -2.13. The van der Waals surface area contributed by atoms with E-state index in [1.165, 1.54) is 2.88 Å². The van der Waals surface area contributed by atoms with Gasteiger partial charge in [0.25, 0.3) is 0 Å². The van der Waals surface area contributed by atoms with Crippen molar-refractivity contribution in [1.29, 1.82) is 0 Å². The molecule has 0 aliphatic rings. The molecule has 1 aromatic heterocycles. The molecule has 5 heteroatoms. The summed E-state index contributed by atoms with van der Waals surface area (Å²) < 4.78 is 1.23. The molecule has 1 heterocycles. The molecule has 90 valence electrons. The van der Waals surface area contributed by atoms with Crippen LogP contribution < -0.4 is 5.73 Å². The zero-order chi connectivity index (χ0) is 12.4. The third-order valence-electron chi connectivity index (χ3n) is 2.50. The maximum absolute atomic E-state index is 6.16. The summed E-state index contributed by atoms with van der Waals surface area (Å²) in [6, 6.07) is 7.56. The summed E-state index contributed by atoms with van der Waals surface area (Å²) in [5.74, 6) is 0. The number of nitrogens with two attached hydrogens (primary N) is 1. The topological polar surface area (TPSA) is 26.0 Å². The number of thiophene rings is 1. The Balaban J connectivity index is 2.21. The molecule has 0 saturated heterocycles. The van der Waals surface area contributed by atoms with Crippen LogP contribution in [0.1, 0.15) is 17.2 Å². The maximum atomic E-state index is 6.16. The maximum Gasteiger partial charge on any atom is 0.0656 e. The molecule has 0 radical (unpaired) electrons. The molecule has 0 aliphatic carbocycles. The summed E-state index contributed by atoms with van der Waals surface area (Å²) in [7, 11) is 0. The van der Waals surface area contributed by atoms with Crippen LogP contribution >= 0.6 is 57.1 Å². The highest BCUT2D eigenvalue weighted by atomic mass is 127. The first-order chi connectivity index (χ1) is 8.08. The Morgan fingerprint density at radius 3 is 2.47 bits per heavy atom. The lowest BCUT2D eigenvalue weighted by atomic mass is 10.0. The van der Waals surface area contributed by atoms with Crippen molar-refractivity contribution in [2.75, 3.05) is 0 Å². The van der Waals surface area contributed by atoms with E-state index in [9.17, 15) is 0 Å². The number of hydrogen-bond acceptors (Lipinski definition) is 2. The molecule has 0 bridgehead atoms. The lowest BCUT2D eigenvalue weighted by Gasteiger charge is -2.12. The van der Waals surface area contributed by atoms with Gasteiger partial charge in [-0.15, -0.1) is 11.3 Å². The monoisotopic (exact) mass is 397 g/mol. The van der Waals surface area contributed by atoms with Crippen molar-refractivity contribution in [1.82, 2.24) is 0 Å². The second-order valence-electron chi connectivity index (χ2n) is 3.69. The van der Waals surface area contributed by atoms with Gasteiger partial charge in [0, 0.05) is 16.1 Å². The normalized spacial score (nSPS) is 12.7. The summed E-state index contributed by atoms with van der Waals surface area (Å²) in [6.45, 7) is 0. The smallest absolute Gasteiger partial charge is 0.0656 e. The van der Waals surface area contributed by atoms with Crippen molar-refractivity contribution in [3.8, 4) is 0 Å². The summed E-state index contributed by atoms with van der Waals surface area (Å²) >= 11 is 16.2. The quantitative estimate of drug-likeness (QED) is 0.732. The van der Waals surface area contributed by atoms with Gasteiger partial charge in [0.05, 0.1) is 2.88 Å². The minimum atomic E-state index is -0.0628. The van der Waals surface area contributed by atoms with Gasteiger partial charge in [0.15, 0.2) is 0 Å². The van der Waals surface area contributed by atoms with Crippen LogP contribution in [-0.2, 0) is 6.42 Å². The Bertz CT molecular complexity index is 507. The third-order valence-corrected chi connectivity index (χ3v) is 5.02. The fourth-order valence-corrected chi connectivity index (χ4v) is 3.57. The molecular weight excluding hydrogens is 388 g/mol. The molecule has 0 fully saturated rings. The van der Waals surface area contributed by atoms with E-state index in [-0.39, 0.29) is 6.04 Å². The van der Waals surface area contributed by atoms with Gasteiger partial charge in [0.2, 0.25) is 0 Å². The van der Waals surface area contributed by atoms with Crippen LogP contribution in [0.15, 0.2) is 29.6 Å². The van der Waals surface area contributed by atoms with Crippen LogP contribution in [0.4, 0.5) is 0 Å². The van der Waals surface area contributed by atoms with Crippen LogP contribution in [-0.4, -0.2) is 0 Å². The predicted octanol–water partition coefficient (Wildman–Crippen LogP) is 4.90. The van der Waals surface area contributed by atoms with Crippen molar-refractivity contribution in [3.63, 3.8) is 0 Å². The molecule has 1 unspecified atom stereocenters. The van der Waals surface area contributed by atoms with Crippen molar-refractivity contribution in [2.24, 2.45) is 5.73 Å². The first kappa shape index (κ1) is 13.6. The Hall–Kier alpha value is 0.190. The van der Waals surface area contributed by atoms with Crippen LogP contribution in [0.3, 0.4) is 0 Å². The Morgan fingerprint density at radius 2 is 1.94 bits per heavy atom. The van der Waals surface area contributed by atoms with Crippen LogP contribution in [0.5, 0.6) is 0 Å². The van der Waals surface area contributed by atoms with E-state index in [0.717, 1.165) is 11.1 Å². The molecule has 0 saturated carbocycles. The van der Waals surface area contributed by atoms with Crippen LogP contribution in [0.2, 0.25) is 10.0 Å². The number of benzene rings is 1. The number of hydrogen-bond donors (Lipinski definition) is 1. The molecule has 1 atom stereocenters. The number of halogens is 3. The van der Waals surface area contributed by atoms with E-state index >= 15 is 0 Å². The van der Waals surface area contributed by atoms with E-state index < -0.39 is 0 Å². The molecule has 2 rings (SSSR count). The fraction of sp³-hybridized carbons (Fsp3) is 0.167. The first-order valence-corrected chi connectivity index (χ1v) is 7.71. The van der Waals surface area contributed by atoms with Crippen molar-refractivity contribution in [3.05, 3.63) is 53.7 Å². The van der Waals surface area contributed by atoms with E-state index in [4.69, 9.17) is 28.9 Å². The number of rotatable bonds is 3. The van der Waals surface area contributed by atoms with Gasteiger partial charge in [-0.25, -0.2) is 0 Å². The molecular formula is C12H10Cl2INS. The van der Waals surface area contributed by atoms with Gasteiger partial charge >= 0.3 is 0 Å². The SMILES string of the molecule is NC(Cc1c(Cl)cccc1Cl)c1csc(I)c1. The van der Waals surface area contributed by atoms with Gasteiger partial charge in [-0.3, -0.25) is 0 Å². The van der Waals surface area contributed by atoms with Crippen molar-refractivity contribution >= 4 is 57.1 Å². The average molecular weight is 398 g/mol. The zero-order valence-electron chi connectivity index (χ0n) is 8.79. The van der Waals surface area contributed by atoms with Gasteiger partial charge < -0.3 is 5.73 Å². The van der Waals surface area contributed by atoms with Gasteiger partial charge in [-0.2, -0.15) is 0 Å². The highest BCUT2D eigenvalue weighted by Crippen LogP contribution is 2.30. The van der Waals surface area contributed by atoms with Crippen LogP contribution in [0.25, 0.3) is 0 Å². The standard InChI is InChI=1S/C12H10Cl2INS/c13-9-2-1-3-10(14)8(9)5-11(16)7-4-12(15)17-6-7/h1-4,6,11H,5,16H2. The summed E-state index contributed by atoms with van der Waals surface area (Å²) in [5, 5.41) is 3.44. The van der Waals surface area contributed by atoms with E-state index in [1.807, 2.05) is 18.2 Å². The second kappa shape index (κ2) is 5.89. The second-order valence-corrected chi connectivity index (χ2v) is 7.31. The summed E-state index contributed by atoms with van der Waals surface area (Å²) in [6.07, 6.45) is 0.658. The largest absolute Gasteiger partial charge is 0.324 e. The zero-order valence-corrected chi connectivity index (χ0v) is 13.3. The van der Waals surface area contributed by atoms with E-state index in [0.29, 0.717) is 16.5 Å². The highest BCUT2D eigenvalue weighted by molar-refractivity contribution is 14.1. The Morgan fingerprint density at radius 1 is 1.29 bits per heavy atom. The van der Waals surface area contributed by atoms with Crippen LogP contribution in [0, 0.1) is 2.88 Å². The minimum Gasteiger partial charge on any atom is -0.324 e. The lowest BCUT2D eigenvalue weighted by molar-refractivity contribution is 0.725. The fourth-order valence-electron chi connectivity index (χ4n) is 1.58. The predicted molar refractivity (Wildman–Crippen MR) is 84.1 cm³/mol. The Kier molecular flexibility index (Phi) is 4.72. The average Bonchev–Trinajstić information content (AvgIpc) is 2.70. The summed E-state index contributed by atoms with van der Waals surface area (Å²) in [4.78, 5) is 0. The molecule has 1 aromatic carbocycles. The molecule has 2 aromatic rings. The van der Waals surface area contributed by atoms with Crippen molar-refractivity contribution in [2.45, 2.75) is 12.5 Å². The van der Waals surface area contributed by atoms with E-state index in [1.54, 1.807) is 11.3 Å². The molecule has 17 heavy (non-hydrogen) atoms. The summed E-state index contributed by atoms with van der Waals surface area (Å²) in [5.41, 5.74) is 8.22. The highest BCUT2D eigenvalue weighted by Gasteiger charge is 2.13. The minimum absolute atomic E-state index is 0.0628. The van der Waals surface area contributed by atoms with E-state index in [2.05, 4.69) is 34.0 Å². The molecule has 2 N–H and O–H groups in total. The third kappa shape index (κ3) is 3.35.